The molecule has 1 heterocycles. The molecule has 18 heavy (non-hydrogen) atoms. The molecular weight excluding hydrogens is 241 g/mol. The molecule has 2 rings (SSSR count). The largest absolute Gasteiger partial charge is 0.326 e. The second-order valence-electron chi connectivity index (χ2n) is 4.72. The molecule has 1 aromatic carbocycles. The molecule has 1 saturated heterocycles. The van der Waals surface area contributed by atoms with Crippen molar-refractivity contribution >= 4 is 0 Å². The maximum atomic E-state index is 13.8. The van der Waals surface area contributed by atoms with Crippen molar-refractivity contribution in [3.63, 3.8) is 0 Å². The van der Waals surface area contributed by atoms with E-state index in [-0.39, 0.29) is 17.6 Å². The van der Waals surface area contributed by atoms with Crippen LogP contribution in [0.4, 0.5) is 13.2 Å². The van der Waals surface area contributed by atoms with Crippen LogP contribution in [0.15, 0.2) is 12.1 Å². The molecule has 0 aromatic heterocycles. The van der Waals surface area contributed by atoms with Gasteiger partial charge in [-0.05, 0) is 25.5 Å². The van der Waals surface area contributed by atoms with E-state index in [9.17, 15) is 13.2 Å². The van der Waals surface area contributed by atoms with E-state index >= 15 is 0 Å². The van der Waals surface area contributed by atoms with E-state index in [1.165, 1.54) is 0 Å². The van der Waals surface area contributed by atoms with Crippen LogP contribution in [-0.2, 0) is 0 Å². The van der Waals surface area contributed by atoms with Gasteiger partial charge in [-0.25, -0.2) is 13.2 Å². The van der Waals surface area contributed by atoms with Gasteiger partial charge in [-0.2, -0.15) is 0 Å². The Bertz CT molecular complexity index is 434. The topological polar surface area (TPSA) is 29.3 Å². The first-order valence-corrected chi connectivity index (χ1v) is 6.18. The highest BCUT2D eigenvalue weighted by molar-refractivity contribution is 5.26. The summed E-state index contributed by atoms with van der Waals surface area (Å²) in [4.78, 5) is 2.03. The van der Waals surface area contributed by atoms with E-state index in [1.807, 2.05) is 11.8 Å². The maximum Gasteiger partial charge on any atom is 0.161 e. The number of hydrogen-bond acceptors (Lipinski definition) is 2. The molecule has 0 spiro atoms. The van der Waals surface area contributed by atoms with Crippen molar-refractivity contribution in [2.45, 2.75) is 31.8 Å². The third-order valence-corrected chi connectivity index (χ3v) is 3.42. The minimum absolute atomic E-state index is 0.160. The quantitative estimate of drug-likeness (QED) is 0.844. The number of nitrogens with zero attached hydrogens (tertiary/aromatic N) is 1. The molecule has 0 aliphatic carbocycles. The van der Waals surface area contributed by atoms with Gasteiger partial charge in [0.05, 0.1) is 6.04 Å². The molecule has 1 aliphatic heterocycles. The van der Waals surface area contributed by atoms with Crippen LogP contribution >= 0.6 is 0 Å². The van der Waals surface area contributed by atoms with Gasteiger partial charge in [-0.15, -0.1) is 0 Å². The lowest BCUT2D eigenvalue weighted by molar-refractivity contribution is 0.242. The average molecular weight is 258 g/mol. The Morgan fingerprint density at radius 2 is 1.89 bits per heavy atom. The van der Waals surface area contributed by atoms with Crippen molar-refractivity contribution < 1.29 is 13.2 Å². The van der Waals surface area contributed by atoms with Crippen LogP contribution < -0.4 is 5.73 Å². The SMILES string of the molecule is CCCN1CCC(N)C1c1cc(F)c(F)cc1F. The number of halogens is 3. The van der Waals surface area contributed by atoms with Crippen LogP contribution in [0.5, 0.6) is 0 Å². The normalized spacial score (nSPS) is 24.7. The van der Waals surface area contributed by atoms with E-state index in [2.05, 4.69) is 0 Å². The monoisotopic (exact) mass is 258 g/mol. The van der Waals surface area contributed by atoms with Crippen LogP contribution in [0.3, 0.4) is 0 Å². The summed E-state index contributed by atoms with van der Waals surface area (Å²) in [5.74, 6) is -2.91. The number of hydrogen-bond donors (Lipinski definition) is 1. The number of likely N-dealkylation sites (tertiary alicyclic amines) is 1. The third kappa shape index (κ3) is 2.37. The van der Waals surface area contributed by atoms with Crippen molar-refractivity contribution in [1.29, 1.82) is 0 Å². The van der Waals surface area contributed by atoms with Gasteiger partial charge in [-0.1, -0.05) is 6.92 Å². The number of rotatable bonds is 3. The number of nitrogens with two attached hydrogens (primary N) is 1. The average Bonchev–Trinajstić information content (AvgIpc) is 2.66. The fourth-order valence-corrected chi connectivity index (χ4v) is 2.61. The summed E-state index contributed by atoms with van der Waals surface area (Å²) in [6, 6.07) is 0.930. The van der Waals surface area contributed by atoms with Gasteiger partial charge in [0.1, 0.15) is 5.82 Å². The molecule has 1 fully saturated rings. The van der Waals surface area contributed by atoms with Crippen molar-refractivity contribution in [2.75, 3.05) is 13.1 Å². The Labute approximate surface area is 105 Å². The summed E-state index contributed by atoms with van der Waals surface area (Å²) in [5.41, 5.74) is 6.12. The summed E-state index contributed by atoms with van der Waals surface area (Å²) in [5, 5.41) is 0. The van der Waals surface area contributed by atoms with Gasteiger partial charge in [0, 0.05) is 24.2 Å². The lowest BCUT2D eigenvalue weighted by atomic mass is 9.99. The molecule has 0 amide bonds. The third-order valence-electron chi connectivity index (χ3n) is 3.42. The van der Waals surface area contributed by atoms with Gasteiger partial charge < -0.3 is 5.73 Å². The van der Waals surface area contributed by atoms with E-state index < -0.39 is 17.5 Å². The summed E-state index contributed by atoms with van der Waals surface area (Å²) in [7, 11) is 0. The Kier molecular flexibility index (Phi) is 3.92. The first-order chi connectivity index (χ1) is 8.54. The van der Waals surface area contributed by atoms with Crippen LogP contribution in [0, 0.1) is 17.5 Å². The van der Waals surface area contributed by atoms with Gasteiger partial charge >= 0.3 is 0 Å². The van der Waals surface area contributed by atoms with Gasteiger partial charge in [0.2, 0.25) is 0 Å². The first kappa shape index (κ1) is 13.4. The van der Waals surface area contributed by atoms with Crippen LogP contribution in [-0.4, -0.2) is 24.0 Å². The van der Waals surface area contributed by atoms with E-state index in [1.54, 1.807) is 0 Å². The standard InChI is InChI=1S/C13H17F3N2/c1-2-4-18-5-3-12(17)13(18)8-6-10(15)11(16)7-9(8)14/h6-7,12-13H,2-5,17H2,1H3. The van der Waals surface area contributed by atoms with Gasteiger partial charge in [0.25, 0.3) is 0 Å². The molecular formula is C13H17F3N2. The van der Waals surface area contributed by atoms with Crippen molar-refractivity contribution in [3.05, 3.63) is 35.1 Å². The van der Waals surface area contributed by atoms with Crippen molar-refractivity contribution in [3.8, 4) is 0 Å². The zero-order valence-electron chi connectivity index (χ0n) is 10.3. The zero-order chi connectivity index (χ0) is 13.3. The molecule has 1 aromatic rings. The minimum atomic E-state index is -1.16. The number of benzene rings is 1. The van der Waals surface area contributed by atoms with Gasteiger partial charge in [-0.3, -0.25) is 4.90 Å². The highest BCUT2D eigenvalue weighted by Gasteiger charge is 2.34. The Hall–Kier alpha value is -1.07. The minimum Gasteiger partial charge on any atom is -0.326 e. The fourth-order valence-electron chi connectivity index (χ4n) is 2.61. The Balaban J connectivity index is 2.36. The molecule has 2 N–H and O–H groups in total. The second kappa shape index (κ2) is 5.28. The maximum absolute atomic E-state index is 13.8. The zero-order valence-corrected chi connectivity index (χ0v) is 10.3. The Morgan fingerprint density at radius 1 is 1.22 bits per heavy atom. The fraction of sp³-hybridized carbons (Fsp3) is 0.538. The van der Waals surface area contributed by atoms with Crippen LogP contribution in [0.1, 0.15) is 31.4 Å². The molecule has 100 valence electrons. The molecule has 2 unspecified atom stereocenters. The van der Waals surface area contributed by atoms with Crippen LogP contribution in [0.25, 0.3) is 0 Å². The van der Waals surface area contributed by atoms with E-state index in [0.717, 1.165) is 32.0 Å². The molecule has 0 radical (unpaired) electrons. The van der Waals surface area contributed by atoms with E-state index in [0.29, 0.717) is 6.07 Å². The first-order valence-electron chi connectivity index (χ1n) is 6.18. The molecule has 0 bridgehead atoms. The van der Waals surface area contributed by atoms with Crippen LogP contribution in [0.2, 0.25) is 0 Å². The summed E-state index contributed by atoms with van der Waals surface area (Å²) >= 11 is 0. The highest BCUT2D eigenvalue weighted by Crippen LogP contribution is 2.33. The molecule has 2 atom stereocenters. The highest BCUT2D eigenvalue weighted by atomic mass is 19.2. The molecule has 0 saturated carbocycles. The van der Waals surface area contributed by atoms with E-state index in [4.69, 9.17) is 5.73 Å². The van der Waals surface area contributed by atoms with Crippen molar-refractivity contribution in [2.24, 2.45) is 5.73 Å². The Morgan fingerprint density at radius 3 is 2.56 bits per heavy atom. The summed E-state index contributed by atoms with van der Waals surface area (Å²) in [6.07, 6.45) is 1.65. The molecule has 5 heteroatoms. The summed E-state index contributed by atoms with van der Waals surface area (Å²) < 4.78 is 40.0. The predicted molar refractivity (Wildman–Crippen MR) is 63.5 cm³/mol. The second-order valence-corrected chi connectivity index (χ2v) is 4.72. The predicted octanol–water partition coefficient (Wildman–Crippen LogP) is 2.59. The lowest BCUT2D eigenvalue weighted by Gasteiger charge is -2.27. The smallest absolute Gasteiger partial charge is 0.161 e. The molecule has 2 nitrogen and oxygen atoms in total. The summed E-state index contributed by atoms with van der Waals surface area (Å²) in [6.45, 7) is 3.55. The lowest BCUT2D eigenvalue weighted by Crippen LogP contribution is -2.33. The molecule has 1 aliphatic rings. The van der Waals surface area contributed by atoms with Crippen molar-refractivity contribution in [1.82, 2.24) is 4.90 Å². The van der Waals surface area contributed by atoms with Gasteiger partial charge in [0.15, 0.2) is 11.6 Å².